The van der Waals surface area contributed by atoms with Crippen LogP contribution in [0.4, 0.5) is 0 Å². The first-order valence-corrected chi connectivity index (χ1v) is 9.58. The lowest BCUT2D eigenvalue weighted by atomic mass is 9.99. The van der Waals surface area contributed by atoms with Crippen molar-refractivity contribution in [3.8, 4) is 0 Å². The molecule has 0 radical (unpaired) electrons. The molecule has 0 unspecified atom stereocenters. The lowest BCUT2D eigenvalue weighted by Gasteiger charge is -2.32. The van der Waals surface area contributed by atoms with Gasteiger partial charge in [0, 0.05) is 17.1 Å². The standard InChI is InChI=1S/C18H21N3S2/c1-12-9-11-23-17(12)16-15(14-8-4-5-10-19-14)20-18(22)21(16)13-6-2-3-7-13/h4-5,8-11,13,15-16H,2-3,6-7H2,1H3,(H,20,22)/t15-,16+/m0/s1. The minimum Gasteiger partial charge on any atom is -0.352 e. The molecule has 1 N–H and O–H groups in total. The van der Waals surface area contributed by atoms with Crippen LogP contribution in [-0.2, 0) is 0 Å². The highest BCUT2D eigenvalue weighted by Gasteiger charge is 2.44. The van der Waals surface area contributed by atoms with E-state index in [9.17, 15) is 0 Å². The Morgan fingerprint density at radius 3 is 2.74 bits per heavy atom. The zero-order valence-corrected chi connectivity index (χ0v) is 14.9. The van der Waals surface area contributed by atoms with Crippen molar-refractivity contribution in [3.63, 3.8) is 0 Å². The predicted octanol–water partition coefficient (Wildman–Crippen LogP) is 4.37. The smallest absolute Gasteiger partial charge is 0.170 e. The van der Waals surface area contributed by atoms with Crippen molar-refractivity contribution in [2.45, 2.75) is 50.7 Å². The zero-order chi connectivity index (χ0) is 15.8. The van der Waals surface area contributed by atoms with Crippen molar-refractivity contribution in [1.82, 2.24) is 15.2 Å². The van der Waals surface area contributed by atoms with Crippen LogP contribution in [0.3, 0.4) is 0 Å². The molecule has 1 saturated heterocycles. The van der Waals surface area contributed by atoms with Gasteiger partial charge in [0.05, 0.1) is 17.8 Å². The van der Waals surface area contributed by atoms with Gasteiger partial charge in [0.2, 0.25) is 0 Å². The van der Waals surface area contributed by atoms with E-state index in [-0.39, 0.29) is 12.1 Å². The zero-order valence-electron chi connectivity index (χ0n) is 13.2. The Morgan fingerprint density at radius 1 is 1.26 bits per heavy atom. The summed E-state index contributed by atoms with van der Waals surface area (Å²) in [7, 11) is 0. The Hall–Kier alpha value is -1.46. The number of aryl methyl sites for hydroxylation is 1. The number of thiocarbonyl (C=S) groups is 1. The van der Waals surface area contributed by atoms with E-state index in [0.29, 0.717) is 6.04 Å². The average molecular weight is 344 g/mol. The predicted molar refractivity (Wildman–Crippen MR) is 98.6 cm³/mol. The highest BCUT2D eigenvalue weighted by molar-refractivity contribution is 7.80. The molecular weight excluding hydrogens is 322 g/mol. The minimum atomic E-state index is 0.140. The highest BCUT2D eigenvalue weighted by atomic mass is 32.1. The van der Waals surface area contributed by atoms with Gasteiger partial charge in [0.25, 0.3) is 0 Å². The maximum absolute atomic E-state index is 5.74. The molecule has 3 heterocycles. The molecule has 5 heteroatoms. The molecule has 1 saturated carbocycles. The molecule has 2 fully saturated rings. The summed E-state index contributed by atoms with van der Waals surface area (Å²) >= 11 is 7.58. The van der Waals surface area contributed by atoms with Crippen LogP contribution in [0.2, 0.25) is 0 Å². The largest absolute Gasteiger partial charge is 0.352 e. The Kier molecular flexibility index (Phi) is 4.07. The summed E-state index contributed by atoms with van der Waals surface area (Å²) in [6.07, 6.45) is 6.99. The van der Waals surface area contributed by atoms with E-state index in [1.807, 2.05) is 23.6 Å². The lowest BCUT2D eigenvalue weighted by molar-refractivity contribution is 0.248. The Balaban J connectivity index is 1.77. The van der Waals surface area contributed by atoms with Gasteiger partial charge in [-0.15, -0.1) is 11.3 Å². The Morgan fingerprint density at radius 2 is 2.09 bits per heavy atom. The lowest BCUT2D eigenvalue weighted by Crippen LogP contribution is -2.37. The summed E-state index contributed by atoms with van der Waals surface area (Å²) in [6.45, 7) is 2.20. The SMILES string of the molecule is Cc1ccsc1[C@H]1[C@H](c2ccccn2)NC(=S)N1C1CCCC1. The number of aromatic nitrogens is 1. The number of rotatable bonds is 3. The van der Waals surface area contributed by atoms with Gasteiger partial charge >= 0.3 is 0 Å². The maximum atomic E-state index is 5.74. The van der Waals surface area contributed by atoms with E-state index in [4.69, 9.17) is 12.2 Å². The van der Waals surface area contributed by atoms with E-state index in [0.717, 1.165) is 10.8 Å². The van der Waals surface area contributed by atoms with E-state index in [2.05, 4.69) is 45.7 Å². The summed E-state index contributed by atoms with van der Waals surface area (Å²) < 4.78 is 0. The second kappa shape index (κ2) is 6.21. The monoisotopic (exact) mass is 343 g/mol. The van der Waals surface area contributed by atoms with E-state index >= 15 is 0 Å². The highest BCUT2D eigenvalue weighted by Crippen LogP contribution is 2.45. The van der Waals surface area contributed by atoms with E-state index in [1.54, 1.807) is 0 Å². The fourth-order valence-corrected chi connectivity index (χ4v) is 5.36. The second-order valence-corrected chi connectivity index (χ2v) is 7.77. The van der Waals surface area contributed by atoms with Crippen molar-refractivity contribution >= 4 is 28.7 Å². The van der Waals surface area contributed by atoms with Crippen LogP contribution in [0.25, 0.3) is 0 Å². The van der Waals surface area contributed by atoms with Crippen LogP contribution in [0.5, 0.6) is 0 Å². The first kappa shape index (κ1) is 15.1. The molecule has 2 aliphatic rings. The first-order valence-electron chi connectivity index (χ1n) is 8.29. The van der Waals surface area contributed by atoms with Crippen molar-refractivity contribution < 1.29 is 0 Å². The van der Waals surface area contributed by atoms with Crippen molar-refractivity contribution in [2.75, 3.05) is 0 Å². The molecule has 0 bridgehead atoms. The van der Waals surface area contributed by atoms with Gasteiger partial charge in [-0.25, -0.2) is 0 Å². The topological polar surface area (TPSA) is 28.2 Å². The summed E-state index contributed by atoms with van der Waals surface area (Å²) in [5.74, 6) is 0. The number of hydrogen-bond donors (Lipinski definition) is 1. The summed E-state index contributed by atoms with van der Waals surface area (Å²) in [4.78, 5) is 8.49. The van der Waals surface area contributed by atoms with E-state index < -0.39 is 0 Å². The van der Waals surface area contributed by atoms with Crippen LogP contribution in [0.1, 0.15) is 53.9 Å². The van der Waals surface area contributed by atoms with Crippen LogP contribution in [-0.4, -0.2) is 21.0 Å². The number of thiophene rings is 1. The minimum absolute atomic E-state index is 0.140. The molecule has 3 nitrogen and oxygen atoms in total. The fraction of sp³-hybridized carbons (Fsp3) is 0.444. The van der Waals surface area contributed by atoms with Crippen LogP contribution < -0.4 is 5.32 Å². The number of nitrogens with one attached hydrogen (secondary N) is 1. The maximum Gasteiger partial charge on any atom is 0.170 e. The van der Waals surface area contributed by atoms with Crippen molar-refractivity contribution in [2.24, 2.45) is 0 Å². The molecule has 1 aliphatic carbocycles. The molecule has 0 spiro atoms. The van der Waals surface area contributed by atoms with Crippen LogP contribution in [0, 0.1) is 6.92 Å². The summed E-state index contributed by atoms with van der Waals surface area (Å²) in [6, 6.07) is 9.32. The van der Waals surface area contributed by atoms with Crippen molar-refractivity contribution in [1.29, 1.82) is 0 Å². The first-order chi connectivity index (χ1) is 11.3. The quantitative estimate of drug-likeness (QED) is 0.838. The van der Waals surface area contributed by atoms with Crippen molar-refractivity contribution in [3.05, 3.63) is 52.0 Å². The fourth-order valence-electron chi connectivity index (χ4n) is 3.91. The van der Waals surface area contributed by atoms with Gasteiger partial charge in [-0.1, -0.05) is 18.9 Å². The van der Waals surface area contributed by atoms with Gasteiger partial charge in [-0.2, -0.15) is 0 Å². The molecule has 120 valence electrons. The molecule has 2 aromatic rings. The average Bonchev–Trinajstić information content (AvgIpc) is 3.28. The van der Waals surface area contributed by atoms with Crippen LogP contribution in [0.15, 0.2) is 35.8 Å². The molecule has 2 aromatic heterocycles. The molecule has 23 heavy (non-hydrogen) atoms. The van der Waals surface area contributed by atoms with Gasteiger partial charge in [0.1, 0.15) is 0 Å². The normalized spacial score (nSPS) is 25.1. The number of hydrogen-bond acceptors (Lipinski definition) is 3. The van der Waals surface area contributed by atoms with Gasteiger partial charge < -0.3 is 10.2 Å². The third-order valence-electron chi connectivity index (χ3n) is 5.02. The van der Waals surface area contributed by atoms with E-state index in [1.165, 1.54) is 36.1 Å². The third kappa shape index (κ3) is 2.66. The van der Waals surface area contributed by atoms with Crippen LogP contribution >= 0.6 is 23.6 Å². The third-order valence-corrected chi connectivity index (χ3v) is 6.44. The summed E-state index contributed by atoms with van der Waals surface area (Å²) in [5, 5.41) is 6.65. The number of pyridine rings is 1. The Bertz CT molecular complexity index is 691. The second-order valence-electron chi connectivity index (χ2n) is 6.44. The molecule has 4 rings (SSSR count). The van der Waals surface area contributed by atoms with Gasteiger partial charge in [0.15, 0.2) is 5.11 Å². The molecule has 1 aliphatic heterocycles. The van der Waals surface area contributed by atoms with Gasteiger partial charge in [-0.3, -0.25) is 4.98 Å². The Labute approximate surface area is 146 Å². The van der Waals surface area contributed by atoms with Gasteiger partial charge in [-0.05, 0) is 61.1 Å². The molecule has 0 amide bonds. The molecule has 0 aromatic carbocycles. The molecular formula is C18H21N3S2. The number of nitrogens with zero attached hydrogens (tertiary/aromatic N) is 2. The molecule has 2 atom stereocenters. The summed E-state index contributed by atoms with van der Waals surface area (Å²) in [5.41, 5.74) is 2.43.